The molecule has 1 aromatic carbocycles. The number of esters is 1. The zero-order chi connectivity index (χ0) is 27.4. The lowest BCUT2D eigenvalue weighted by Gasteiger charge is -2.30. The van der Waals surface area contributed by atoms with Crippen LogP contribution in [-0.4, -0.2) is 23.5 Å². The van der Waals surface area contributed by atoms with Crippen LogP contribution in [0.15, 0.2) is 12.1 Å². The molecule has 4 nitrogen and oxygen atoms in total. The molecule has 0 aliphatic carbocycles. The number of hydrogen-bond donors (Lipinski definition) is 0. The number of rotatable bonds is 17. The third-order valence-corrected chi connectivity index (χ3v) is 7.71. The Hall–Kier alpha value is -1.54. The number of carbonyl (C=O) groups is 2. The number of carbonyl (C=O) groups excluding carboxylic acids is 2. The normalized spacial score (nSPS) is 14.4. The Bertz CT molecular complexity index is 832. The van der Waals surface area contributed by atoms with Gasteiger partial charge in [-0.3, -0.25) is 14.2 Å². The second-order valence-electron chi connectivity index (χ2n) is 12.2. The van der Waals surface area contributed by atoms with Crippen LogP contribution < -0.4 is 0 Å². The minimum absolute atomic E-state index is 0.0695. The third kappa shape index (κ3) is 11.2. The lowest BCUT2D eigenvalue weighted by molar-refractivity contribution is -0.147. The topological polar surface area (TPSA) is 60.4 Å². The van der Waals surface area contributed by atoms with Gasteiger partial charge < -0.3 is 4.74 Å². The first-order valence-electron chi connectivity index (χ1n) is 14.0. The van der Waals surface area contributed by atoms with E-state index in [1.165, 1.54) is 32.1 Å². The molecule has 0 spiro atoms. The van der Waals surface area contributed by atoms with Crippen molar-refractivity contribution < 1.29 is 18.9 Å². The third-order valence-electron chi connectivity index (χ3n) is 6.84. The smallest absolute Gasteiger partial charge is 0.324 e. The summed E-state index contributed by atoms with van der Waals surface area (Å²) in [6.45, 7) is 16.9. The lowest BCUT2D eigenvalue weighted by atomic mass is 9.79. The van der Waals surface area contributed by atoms with Crippen LogP contribution in [0.4, 0.5) is 0 Å². The number of ketones is 1. The fourth-order valence-corrected chi connectivity index (χ4v) is 6.27. The van der Waals surface area contributed by atoms with Crippen molar-refractivity contribution in [3.8, 4) is 0 Å². The van der Waals surface area contributed by atoms with Crippen LogP contribution in [0.3, 0.4) is 0 Å². The highest BCUT2D eigenvalue weighted by Crippen LogP contribution is 2.40. The zero-order valence-electron chi connectivity index (χ0n) is 24.3. The highest BCUT2D eigenvalue weighted by molar-refractivity contribution is 7.28. The molecule has 0 heterocycles. The molecule has 204 valence electrons. The fourth-order valence-electron chi connectivity index (χ4n) is 5.54. The van der Waals surface area contributed by atoms with Gasteiger partial charge in [-0.15, -0.1) is 0 Å². The van der Waals surface area contributed by atoms with Gasteiger partial charge in [-0.05, 0) is 62.5 Å². The minimum atomic E-state index is -1.36. The van der Waals surface area contributed by atoms with E-state index < -0.39 is 11.1 Å². The second-order valence-corrected chi connectivity index (χ2v) is 13.2. The SMILES string of the molecule is CCCCCCCCCCOC(=O)C(CC(=O)c1c(C)cc(C)cc1C)(CC(C)CC(C)(C)C)P=O. The van der Waals surface area contributed by atoms with E-state index in [1.807, 2.05) is 32.9 Å². The molecule has 1 rings (SSSR count). The van der Waals surface area contributed by atoms with Crippen molar-refractivity contribution in [3.63, 3.8) is 0 Å². The lowest BCUT2D eigenvalue weighted by Crippen LogP contribution is -2.39. The van der Waals surface area contributed by atoms with E-state index in [-0.39, 0.29) is 32.0 Å². The molecular formula is C31H51O4P. The molecule has 0 radical (unpaired) electrons. The summed E-state index contributed by atoms with van der Waals surface area (Å²) in [6, 6.07) is 3.97. The summed E-state index contributed by atoms with van der Waals surface area (Å²) >= 11 is 0. The highest BCUT2D eigenvalue weighted by atomic mass is 31.1. The Morgan fingerprint density at radius 3 is 1.92 bits per heavy atom. The van der Waals surface area contributed by atoms with E-state index in [0.29, 0.717) is 18.6 Å². The van der Waals surface area contributed by atoms with Crippen molar-refractivity contribution in [2.45, 2.75) is 131 Å². The van der Waals surface area contributed by atoms with Crippen molar-refractivity contribution in [3.05, 3.63) is 34.4 Å². The van der Waals surface area contributed by atoms with E-state index in [0.717, 1.165) is 42.4 Å². The first kappa shape index (κ1) is 32.5. The van der Waals surface area contributed by atoms with E-state index in [4.69, 9.17) is 4.74 Å². The van der Waals surface area contributed by atoms with E-state index in [2.05, 4.69) is 34.6 Å². The van der Waals surface area contributed by atoms with Crippen LogP contribution >= 0.6 is 8.46 Å². The standard InChI is InChI=1S/C31H51O4P/c1-9-10-11-12-13-14-15-16-17-35-29(33)31(36-34,21-24(3)20-30(6,7)8)22-27(32)28-25(4)18-23(2)19-26(28)5/h18-19,24H,9-17,20-22H2,1-8H3. The van der Waals surface area contributed by atoms with Gasteiger partial charge in [0.25, 0.3) is 0 Å². The van der Waals surface area contributed by atoms with Crippen molar-refractivity contribution in [1.29, 1.82) is 0 Å². The predicted molar refractivity (Wildman–Crippen MR) is 151 cm³/mol. The number of aryl methyl sites for hydroxylation is 3. The molecule has 0 amide bonds. The molecular weight excluding hydrogens is 467 g/mol. The van der Waals surface area contributed by atoms with Gasteiger partial charge in [-0.1, -0.05) is 97.3 Å². The number of unbranched alkanes of at least 4 members (excludes halogenated alkanes) is 7. The summed E-state index contributed by atoms with van der Waals surface area (Å²) in [4.78, 5) is 26.9. The maximum atomic E-state index is 13.5. The largest absolute Gasteiger partial charge is 0.465 e. The van der Waals surface area contributed by atoms with E-state index in [1.54, 1.807) is 0 Å². The summed E-state index contributed by atoms with van der Waals surface area (Å²) in [5.74, 6) is -0.519. The Kier molecular flexibility index (Phi) is 14.1. The van der Waals surface area contributed by atoms with Crippen LogP contribution in [0.25, 0.3) is 0 Å². The Morgan fingerprint density at radius 2 is 1.42 bits per heavy atom. The Morgan fingerprint density at radius 1 is 0.889 bits per heavy atom. The highest BCUT2D eigenvalue weighted by Gasteiger charge is 2.45. The van der Waals surface area contributed by atoms with Crippen LogP contribution in [0.2, 0.25) is 0 Å². The van der Waals surface area contributed by atoms with Gasteiger partial charge >= 0.3 is 5.97 Å². The Balaban J connectivity index is 2.95. The molecule has 0 saturated carbocycles. The molecule has 5 heteroatoms. The van der Waals surface area contributed by atoms with Crippen molar-refractivity contribution in [2.24, 2.45) is 11.3 Å². The van der Waals surface area contributed by atoms with Crippen molar-refractivity contribution >= 4 is 20.2 Å². The van der Waals surface area contributed by atoms with E-state index >= 15 is 0 Å². The fraction of sp³-hybridized carbons (Fsp3) is 0.742. The zero-order valence-corrected chi connectivity index (χ0v) is 25.2. The number of ether oxygens (including phenoxy) is 1. The molecule has 0 aromatic heterocycles. The molecule has 2 unspecified atom stereocenters. The number of benzene rings is 1. The van der Waals surface area contributed by atoms with Gasteiger partial charge in [0, 0.05) is 12.0 Å². The van der Waals surface area contributed by atoms with Gasteiger partial charge in [-0.2, -0.15) is 0 Å². The average molecular weight is 519 g/mol. The van der Waals surface area contributed by atoms with Gasteiger partial charge in [0.15, 0.2) is 19.4 Å². The maximum Gasteiger partial charge on any atom is 0.324 e. The summed E-state index contributed by atoms with van der Waals surface area (Å²) in [5, 5.41) is -1.36. The molecule has 1 aromatic rings. The van der Waals surface area contributed by atoms with E-state index in [9.17, 15) is 14.2 Å². The van der Waals surface area contributed by atoms with Gasteiger partial charge in [-0.25, -0.2) is 0 Å². The minimum Gasteiger partial charge on any atom is -0.465 e. The Labute approximate surface area is 222 Å². The van der Waals surface area contributed by atoms with Crippen molar-refractivity contribution in [2.75, 3.05) is 6.61 Å². The van der Waals surface area contributed by atoms with Crippen LogP contribution in [0, 0.1) is 32.1 Å². The first-order valence-corrected chi connectivity index (χ1v) is 14.8. The first-order chi connectivity index (χ1) is 16.8. The van der Waals surface area contributed by atoms with Gasteiger partial charge in [0.1, 0.15) is 0 Å². The van der Waals surface area contributed by atoms with Crippen molar-refractivity contribution in [1.82, 2.24) is 0 Å². The molecule has 0 bridgehead atoms. The average Bonchev–Trinajstić information content (AvgIpc) is 2.75. The molecule has 0 aliphatic heterocycles. The number of hydrogen-bond acceptors (Lipinski definition) is 4. The molecule has 0 aliphatic rings. The maximum absolute atomic E-state index is 13.5. The molecule has 0 N–H and O–H groups in total. The van der Waals surface area contributed by atoms with Gasteiger partial charge in [0.05, 0.1) is 6.61 Å². The van der Waals surface area contributed by atoms with Gasteiger partial charge in [0.2, 0.25) is 0 Å². The second kappa shape index (κ2) is 15.7. The number of Topliss-reactive ketones (excluding diaryl/α,β-unsaturated/α-hetero) is 1. The van der Waals surface area contributed by atoms with Crippen LogP contribution in [0.5, 0.6) is 0 Å². The summed E-state index contributed by atoms with van der Waals surface area (Å²) in [5.41, 5.74) is 3.58. The predicted octanol–water partition coefficient (Wildman–Crippen LogP) is 9.36. The quantitative estimate of drug-likeness (QED) is 0.0892. The monoisotopic (exact) mass is 518 g/mol. The summed E-state index contributed by atoms with van der Waals surface area (Å²) in [7, 11) is -0.337. The van der Waals surface area contributed by atoms with Crippen LogP contribution in [0.1, 0.15) is 132 Å². The van der Waals surface area contributed by atoms with Crippen LogP contribution in [-0.2, 0) is 14.1 Å². The molecule has 36 heavy (non-hydrogen) atoms. The summed E-state index contributed by atoms with van der Waals surface area (Å²) < 4.78 is 18.4. The summed E-state index contributed by atoms with van der Waals surface area (Å²) in [6.07, 6.45) is 10.4. The molecule has 0 saturated heterocycles. The molecule has 2 atom stereocenters. The molecule has 0 fully saturated rings.